The molecule has 0 spiro atoms. The van der Waals surface area contributed by atoms with E-state index in [0.29, 0.717) is 0 Å². The van der Waals surface area contributed by atoms with Crippen molar-refractivity contribution in [3.63, 3.8) is 0 Å². The van der Waals surface area contributed by atoms with Crippen LogP contribution in [0.4, 0.5) is 0 Å². The van der Waals surface area contributed by atoms with Gasteiger partial charge in [0.2, 0.25) is 0 Å². The van der Waals surface area contributed by atoms with Crippen LogP contribution < -0.4 is 0 Å². The van der Waals surface area contributed by atoms with Crippen molar-refractivity contribution in [2.75, 3.05) is 0 Å². The van der Waals surface area contributed by atoms with Crippen LogP contribution in [0, 0.1) is 13.8 Å². The minimum Gasteiger partial charge on any atom is -0.0620 e. The predicted molar refractivity (Wildman–Crippen MR) is 416 cm³/mol. The number of hydrogen-bond donors (Lipinski definition) is 0. The Morgan fingerprint density at radius 1 is 0.217 bits per heavy atom. The highest BCUT2D eigenvalue weighted by molar-refractivity contribution is 6.48. The van der Waals surface area contributed by atoms with Crippen molar-refractivity contribution in [3.05, 3.63) is 240 Å². The first kappa shape index (κ1) is 50.1. The van der Waals surface area contributed by atoms with E-state index in [1.54, 1.807) is 0 Å². The third-order valence-electron chi connectivity index (χ3n) is 21.9. The summed E-state index contributed by atoms with van der Waals surface area (Å²) in [4.78, 5) is 0. The highest BCUT2D eigenvalue weighted by Crippen LogP contribution is 2.62. The molecule has 0 saturated heterocycles. The first-order chi connectivity index (χ1) is 49.0. The van der Waals surface area contributed by atoms with Crippen LogP contribution in [0.25, 0.3) is 185 Å². The SMILES string of the molecule is Cc1ccccc1-c1c2c(c(-c3ccccc3C)c3ccccc13)-c1ccc3c4ccc5c6c(-c7cc(C(C)(C)C)cc(C(C)(C)C)c7)c7cc8c(cc7c(-c7cc(C(C)(C)C)cc(C(C)(C)C)c7)c6c6ccc(c7ccc-2c1c73)c4c65)c1cccc2cccc8c21.[2HH].[2H][2H].[2H][2H].[2H][2H].[2H][2H].[2H][2H]. The molecule has 0 aliphatic heterocycles. The standard InChI is InChI=1S/C92H76.6H2/c1-49-23-15-17-27-58(49)79-60-29-19-20-30-61(60)80(59-28-18-16-24-50(59)2)88-71-40-36-67-65-34-38-69-83-68(37-33-64(81(65)83)66-35-39-70(87(79)88)84(71)82(66)67)85-77(52-41-54(89(3,4)5)45-55(42-52)90(6,7)8)74-47-72-62-31-21-25-51-26-22-32-63(76(51)62)73(72)48-75(74)78(86(69)85)53-43-56(91(9,10)11)46-57(44-53)92(12,13)14;;;;;;/h15-48H,1-14H3;6*1H/i;5*1+1D;1+1. The quantitative estimate of drug-likeness (QED) is 0.122. The van der Waals surface area contributed by atoms with E-state index < -0.39 is 0 Å². The lowest BCUT2D eigenvalue weighted by Crippen LogP contribution is -2.16. The Labute approximate surface area is 557 Å². The van der Waals surface area contributed by atoms with Crippen molar-refractivity contribution in [3.8, 4) is 66.8 Å². The first-order valence-electron chi connectivity index (χ1n) is 38.5. The second-order valence-electron chi connectivity index (χ2n) is 31.6. The van der Waals surface area contributed by atoms with Crippen LogP contribution in [0.1, 0.15) is 133 Å². The molecule has 0 saturated carbocycles. The number of aryl methyl sites for hydroxylation is 2. The molecule has 0 nitrogen and oxygen atoms in total. The fraction of sp³-hybridized carbons (Fsp3) is 0.196. The van der Waals surface area contributed by atoms with Crippen LogP contribution in [0.15, 0.2) is 206 Å². The number of hydrogen-bond acceptors (Lipinski definition) is 0. The Kier molecular flexibility index (Phi) is 10.1. The molecule has 1 aliphatic carbocycles. The highest BCUT2D eigenvalue weighted by atomic mass is 14.4. The molecule has 0 amide bonds. The molecule has 0 aromatic heterocycles. The molecule has 92 heavy (non-hydrogen) atoms. The van der Waals surface area contributed by atoms with Gasteiger partial charge in [-0.25, -0.2) is 0 Å². The van der Waals surface area contributed by atoms with Gasteiger partial charge in [0.05, 0.1) is 0 Å². The Morgan fingerprint density at radius 3 is 0.935 bits per heavy atom. The molecule has 17 aromatic rings. The summed E-state index contributed by atoms with van der Waals surface area (Å²) in [7, 11) is 0. The minimum atomic E-state index is -0.0947. The fourth-order valence-corrected chi connectivity index (χ4v) is 17.1. The summed E-state index contributed by atoms with van der Waals surface area (Å²) in [5, 5.41) is 29.2. The van der Waals surface area contributed by atoms with Gasteiger partial charge in [0.15, 0.2) is 0 Å². The highest BCUT2D eigenvalue weighted by Gasteiger charge is 2.35. The van der Waals surface area contributed by atoms with Crippen LogP contribution in [-0.2, 0) is 21.7 Å². The summed E-state index contributed by atoms with van der Waals surface area (Å²) >= 11 is 0. The van der Waals surface area contributed by atoms with Crippen molar-refractivity contribution in [2.24, 2.45) is 0 Å². The maximum Gasteiger partial charge on any atom is 0 e. The molecule has 0 radical (unpaired) electrons. The number of benzene rings is 15. The lowest BCUT2D eigenvalue weighted by atomic mass is 9.76. The summed E-state index contributed by atoms with van der Waals surface area (Å²) in [5.41, 5.74) is 23.4. The molecule has 0 N–H and O–H groups in total. The zero-order valence-electron chi connectivity index (χ0n) is 65.6. The van der Waals surface area contributed by atoms with Crippen molar-refractivity contribution < 1.29 is 16.3 Å². The van der Waals surface area contributed by atoms with E-state index in [2.05, 4.69) is 303 Å². The monoisotopic (exact) mass is 1200 g/mol. The second-order valence-corrected chi connectivity index (χ2v) is 31.6. The van der Waals surface area contributed by atoms with Crippen molar-refractivity contribution in [1.29, 1.82) is 0 Å². The second kappa shape index (κ2) is 18.5. The van der Waals surface area contributed by atoms with Crippen LogP contribution in [-0.4, -0.2) is 0 Å². The lowest BCUT2D eigenvalue weighted by molar-refractivity contribution is 0.568. The molecule has 0 bridgehead atoms. The van der Waals surface area contributed by atoms with Crippen molar-refractivity contribution in [1.82, 2.24) is 0 Å². The van der Waals surface area contributed by atoms with Gasteiger partial charge in [0, 0.05) is 16.3 Å². The van der Waals surface area contributed by atoms with E-state index in [0.717, 1.165) is 0 Å². The summed E-state index contributed by atoms with van der Waals surface area (Å²) in [6, 6.07) is 81.8. The zero-order valence-corrected chi connectivity index (χ0v) is 55.6. The van der Waals surface area contributed by atoms with Gasteiger partial charge in [-0.3, -0.25) is 0 Å². The molecule has 18 rings (SSSR count). The average molecular weight is 1200 g/mol. The Hall–Kier alpha value is -9.62. The average Bonchev–Trinajstić information content (AvgIpc) is 1.53. The van der Waals surface area contributed by atoms with Crippen LogP contribution in [0.3, 0.4) is 0 Å². The third kappa shape index (κ3) is 7.53. The van der Waals surface area contributed by atoms with E-state index in [4.69, 9.17) is 14.8 Å². The summed E-state index contributed by atoms with van der Waals surface area (Å²) in [5.74, 6) is 0. The van der Waals surface area contributed by atoms with Crippen LogP contribution >= 0.6 is 0 Å². The maximum atomic E-state index is 5.00. The molecule has 0 atom stereocenters. The van der Waals surface area contributed by atoms with Gasteiger partial charge >= 0.3 is 0 Å². The van der Waals surface area contributed by atoms with Gasteiger partial charge in [-0.05, 0) is 266 Å². The largest absolute Gasteiger partial charge is 0.0620 e. The summed E-state index contributed by atoms with van der Waals surface area (Å²) in [6.45, 7) is 33.2. The van der Waals surface area contributed by atoms with Gasteiger partial charge in [-0.2, -0.15) is 0 Å². The van der Waals surface area contributed by atoms with E-state index in [-0.39, 0.29) is 23.1 Å². The first-order valence-corrected chi connectivity index (χ1v) is 33.5. The van der Waals surface area contributed by atoms with Gasteiger partial charge in [0.1, 0.15) is 0 Å². The van der Waals surface area contributed by atoms with Crippen LogP contribution in [0.2, 0.25) is 0 Å². The van der Waals surface area contributed by atoms with Gasteiger partial charge in [0.25, 0.3) is 0 Å². The number of rotatable bonds is 4. The van der Waals surface area contributed by atoms with E-state index >= 15 is 0 Å². The molecule has 0 heteroatoms. The normalized spacial score (nSPS) is 13.8. The molecule has 1 aliphatic rings. The zero-order chi connectivity index (χ0) is 73.1. The molecule has 0 unspecified atom stereocenters. The van der Waals surface area contributed by atoms with E-state index in [1.807, 2.05) is 0 Å². The smallest absolute Gasteiger partial charge is 0 e. The Balaban J connectivity index is 0.000000873. The third-order valence-corrected chi connectivity index (χ3v) is 21.9. The molecule has 456 valence electrons. The van der Waals surface area contributed by atoms with E-state index in [1.165, 1.54) is 219 Å². The predicted octanol–water partition coefficient (Wildman–Crippen LogP) is 28.3. The maximum absolute atomic E-state index is 5.00. The topological polar surface area (TPSA) is 0 Å². The number of fused-ring (bicyclic) bond motifs is 13. The fourth-order valence-electron chi connectivity index (χ4n) is 17.1. The molecule has 17 aromatic carbocycles. The van der Waals surface area contributed by atoms with Gasteiger partial charge < -0.3 is 0 Å². The Morgan fingerprint density at radius 2 is 0.543 bits per heavy atom. The van der Waals surface area contributed by atoms with Crippen LogP contribution in [0.5, 0.6) is 0 Å². The molecular weight excluding hydrogens is 1110 g/mol. The summed E-state index contributed by atoms with van der Waals surface area (Å²) < 4.78 is 50.0. The molecule has 0 heterocycles. The van der Waals surface area contributed by atoms with Gasteiger partial charge in [-0.1, -0.05) is 277 Å². The van der Waals surface area contributed by atoms with E-state index in [9.17, 15) is 0 Å². The molecular formula is C92H88. The lowest BCUT2D eigenvalue weighted by Gasteiger charge is -2.28. The van der Waals surface area contributed by atoms with Crippen molar-refractivity contribution in [2.45, 2.75) is 119 Å². The van der Waals surface area contributed by atoms with Gasteiger partial charge in [-0.15, -0.1) is 0 Å². The van der Waals surface area contributed by atoms with Crippen molar-refractivity contribution >= 4 is 118 Å². The minimum absolute atomic E-state index is 0. The summed E-state index contributed by atoms with van der Waals surface area (Å²) in [6.07, 6.45) is 0. The molecule has 0 fully saturated rings. The Bertz CT molecular complexity index is 5710.